The van der Waals surface area contributed by atoms with Gasteiger partial charge in [-0.2, -0.15) is 0 Å². The number of furan rings is 1. The highest BCUT2D eigenvalue weighted by molar-refractivity contribution is 6.03. The van der Waals surface area contributed by atoms with Gasteiger partial charge in [-0.25, -0.2) is 4.79 Å². The van der Waals surface area contributed by atoms with Crippen molar-refractivity contribution in [2.24, 2.45) is 0 Å². The van der Waals surface area contributed by atoms with Gasteiger partial charge in [0.1, 0.15) is 11.5 Å². The number of amides is 3. The average molecular weight is 361 g/mol. The molecule has 1 heterocycles. The van der Waals surface area contributed by atoms with Gasteiger partial charge in [-0.05, 0) is 55.5 Å². The van der Waals surface area contributed by atoms with Crippen molar-refractivity contribution in [3.05, 3.63) is 84.3 Å². The van der Waals surface area contributed by atoms with Crippen LogP contribution in [-0.4, -0.2) is 11.9 Å². The third kappa shape index (κ3) is 5.61. The fraction of sp³-hybridized carbons (Fsp3) is 0.0476. The number of carbonyl (C=O) groups is 2. The molecule has 3 aromatic rings. The first-order valence-electron chi connectivity index (χ1n) is 8.37. The van der Waals surface area contributed by atoms with E-state index in [1.165, 1.54) is 6.08 Å². The minimum Gasteiger partial charge on any atom is -0.462 e. The summed E-state index contributed by atoms with van der Waals surface area (Å²) in [5.41, 5.74) is 1.82. The van der Waals surface area contributed by atoms with Gasteiger partial charge in [0, 0.05) is 23.1 Å². The zero-order valence-electron chi connectivity index (χ0n) is 14.7. The van der Waals surface area contributed by atoms with E-state index in [4.69, 9.17) is 4.42 Å². The van der Waals surface area contributed by atoms with Crippen LogP contribution in [-0.2, 0) is 4.79 Å². The summed E-state index contributed by atoms with van der Waals surface area (Å²) in [5, 5.41) is 8.21. The first-order chi connectivity index (χ1) is 13.1. The predicted octanol–water partition coefficient (Wildman–Crippen LogP) is 4.88. The van der Waals surface area contributed by atoms with Crippen LogP contribution < -0.4 is 16.0 Å². The second-order valence-corrected chi connectivity index (χ2v) is 5.80. The predicted molar refractivity (Wildman–Crippen MR) is 107 cm³/mol. The van der Waals surface area contributed by atoms with E-state index in [0.29, 0.717) is 22.8 Å². The summed E-state index contributed by atoms with van der Waals surface area (Å²) < 4.78 is 5.37. The van der Waals surface area contributed by atoms with Crippen LogP contribution in [0.2, 0.25) is 0 Å². The van der Waals surface area contributed by atoms with Gasteiger partial charge in [0.15, 0.2) is 0 Å². The summed E-state index contributed by atoms with van der Waals surface area (Å²) in [5.74, 6) is 1.09. The van der Waals surface area contributed by atoms with Gasteiger partial charge in [0.05, 0.1) is 0 Å². The van der Waals surface area contributed by atoms with Crippen LogP contribution in [0.4, 0.5) is 21.9 Å². The number of benzene rings is 2. The van der Waals surface area contributed by atoms with Crippen molar-refractivity contribution in [3.63, 3.8) is 0 Å². The van der Waals surface area contributed by atoms with Gasteiger partial charge in [-0.1, -0.05) is 24.3 Å². The average Bonchev–Trinajstić information content (AvgIpc) is 3.06. The maximum absolute atomic E-state index is 12.0. The monoisotopic (exact) mass is 361 g/mol. The molecule has 0 unspecified atom stereocenters. The molecule has 0 saturated heterocycles. The van der Waals surface area contributed by atoms with Gasteiger partial charge in [0.2, 0.25) is 5.91 Å². The normalized spacial score (nSPS) is 10.6. The van der Waals surface area contributed by atoms with Crippen LogP contribution in [0.3, 0.4) is 0 Å². The third-order valence-corrected chi connectivity index (χ3v) is 3.58. The number of hydrogen-bond acceptors (Lipinski definition) is 3. The maximum Gasteiger partial charge on any atom is 0.323 e. The highest BCUT2D eigenvalue weighted by Gasteiger charge is 2.04. The molecule has 0 aliphatic heterocycles. The fourth-order valence-corrected chi connectivity index (χ4v) is 2.37. The lowest BCUT2D eigenvalue weighted by molar-refractivity contribution is -0.111. The lowest BCUT2D eigenvalue weighted by Gasteiger charge is -2.09. The molecule has 136 valence electrons. The van der Waals surface area contributed by atoms with Gasteiger partial charge < -0.3 is 20.4 Å². The first-order valence-corrected chi connectivity index (χ1v) is 8.37. The van der Waals surface area contributed by atoms with Crippen LogP contribution in [0, 0.1) is 6.92 Å². The van der Waals surface area contributed by atoms with E-state index in [9.17, 15) is 9.59 Å². The molecule has 0 fully saturated rings. The Labute approximate surface area is 156 Å². The number of aryl methyl sites for hydroxylation is 1. The Hall–Kier alpha value is -3.80. The number of carbonyl (C=O) groups excluding carboxylic acids is 2. The molecule has 6 nitrogen and oxygen atoms in total. The minimum absolute atomic E-state index is 0.296. The SMILES string of the molecule is Cc1ccc(C=CC(=O)Nc2cccc(NC(=O)Nc3ccccc3)c2)o1. The largest absolute Gasteiger partial charge is 0.462 e. The van der Waals surface area contributed by atoms with Crippen molar-refractivity contribution < 1.29 is 14.0 Å². The maximum atomic E-state index is 12.0. The smallest absolute Gasteiger partial charge is 0.323 e. The molecule has 27 heavy (non-hydrogen) atoms. The van der Waals surface area contributed by atoms with E-state index >= 15 is 0 Å². The van der Waals surface area contributed by atoms with E-state index < -0.39 is 0 Å². The summed E-state index contributed by atoms with van der Waals surface area (Å²) in [6.07, 6.45) is 2.98. The lowest BCUT2D eigenvalue weighted by Crippen LogP contribution is -2.19. The molecule has 2 aromatic carbocycles. The number of para-hydroxylation sites is 1. The van der Waals surface area contributed by atoms with Crippen molar-refractivity contribution in [2.45, 2.75) is 6.92 Å². The topological polar surface area (TPSA) is 83.4 Å². The van der Waals surface area contributed by atoms with Crippen molar-refractivity contribution in [3.8, 4) is 0 Å². The molecule has 0 aliphatic rings. The molecule has 0 atom stereocenters. The van der Waals surface area contributed by atoms with E-state index in [1.54, 1.807) is 48.5 Å². The number of urea groups is 1. The van der Waals surface area contributed by atoms with Crippen molar-refractivity contribution in [1.29, 1.82) is 0 Å². The molecule has 0 aliphatic carbocycles. The summed E-state index contributed by atoms with van der Waals surface area (Å²) in [7, 11) is 0. The Morgan fingerprint density at radius 3 is 2.19 bits per heavy atom. The van der Waals surface area contributed by atoms with Crippen LogP contribution in [0.15, 0.2) is 77.2 Å². The molecule has 3 rings (SSSR count). The number of nitrogens with one attached hydrogen (secondary N) is 3. The third-order valence-electron chi connectivity index (χ3n) is 3.58. The summed E-state index contributed by atoms with van der Waals surface area (Å²) >= 11 is 0. The molecule has 0 bridgehead atoms. The Balaban J connectivity index is 1.57. The highest BCUT2D eigenvalue weighted by Crippen LogP contribution is 2.16. The molecular formula is C21H19N3O3. The second kappa shape index (κ2) is 8.53. The quantitative estimate of drug-likeness (QED) is 0.566. The molecule has 0 radical (unpaired) electrons. The van der Waals surface area contributed by atoms with Crippen LogP contribution in [0.5, 0.6) is 0 Å². The van der Waals surface area contributed by atoms with E-state index in [-0.39, 0.29) is 11.9 Å². The summed E-state index contributed by atoms with van der Waals surface area (Å²) in [4.78, 5) is 24.1. The van der Waals surface area contributed by atoms with Crippen molar-refractivity contribution in [2.75, 3.05) is 16.0 Å². The van der Waals surface area contributed by atoms with Crippen molar-refractivity contribution in [1.82, 2.24) is 0 Å². The minimum atomic E-state index is -0.363. The van der Waals surface area contributed by atoms with E-state index in [2.05, 4.69) is 16.0 Å². The molecule has 6 heteroatoms. The van der Waals surface area contributed by atoms with Crippen LogP contribution in [0.1, 0.15) is 11.5 Å². The summed E-state index contributed by atoms with van der Waals surface area (Å²) in [6, 6.07) is 19.3. The van der Waals surface area contributed by atoms with E-state index in [1.807, 2.05) is 31.2 Å². The molecule has 1 aromatic heterocycles. The Bertz CT molecular complexity index is 962. The fourth-order valence-electron chi connectivity index (χ4n) is 2.37. The summed E-state index contributed by atoms with van der Waals surface area (Å²) in [6.45, 7) is 1.84. The standard InChI is InChI=1S/C21H19N3O3/c1-15-10-11-19(27-15)12-13-20(25)22-17-8-5-9-18(14-17)24-21(26)23-16-6-3-2-4-7-16/h2-14H,1H3,(H,22,25)(H2,23,24,26). The molecule has 0 spiro atoms. The van der Waals surface area contributed by atoms with Gasteiger partial charge in [-0.15, -0.1) is 0 Å². The number of rotatable bonds is 5. The Morgan fingerprint density at radius 1 is 0.815 bits per heavy atom. The number of hydrogen-bond donors (Lipinski definition) is 3. The van der Waals surface area contributed by atoms with Crippen LogP contribution >= 0.6 is 0 Å². The zero-order chi connectivity index (χ0) is 19.1. The van der Waals surface area contributed by atoms with Gasteiger partial charge in [-0.3, -0.25) is 4.79 Å². The lowest BCUT2D eigenvalue weighted by atomic mass is 10.2. The van der Waals surface area contributed by atoms with Crippen LogP contribution in [0.25, 0.3) is 6.08 Å². The van der Waals surface area contributed by atoms with Gasteiger partial charge >= 0.3 is 6.03 Å². The molecule has 0 saturated carbocycles. The highest BCUT2D eigenvalue weighted by atomic mass is 16.3. The van der Waals surface area contributed by atoms with Gasteiger partial charge in [0.25, 0.3) is 0 Å². The first kappa shape index (κ1) is 18.0. The Kier molecular flexibility index (Phi) is 5.69. The zero-order valence-corrected chi connectivity index (χ0v) is 14.7. The molecule has 3 amide bonds. The van der Waals surface area contributed by atoms with Crippen molar-refractivity contribution >= 4 is 35.1 Å². The van der Waals surface area contributed by atoms with E-state index in [0.717, 1.165) is 5.76 Å². The Morgan fingerprint density at radius 2 is 1.48 bits per heavy atom. The molecule has 3 N–H and O–H groups in total. The molecular weight excluding hydrogens is 342 g/mol. The second-order valence-electron chi connectivity index (χ2n) is 5.80. The number of anilines is 3.